The van der Waals surface area contributed by atoms with Gasteiger partial charge in [0.15, 0.2) is 0 Å². The van der Waals surface area contributed by atoms with Crippen LogP contribution in [-0.4, -0.2) is 21.9 Å². The van der Waals surface area contributed by atoms with Crippen molar-refractivity contribution in [2.45, 2.75) is 73.4 Å². The first-order valence-corrected chi connectivity index (χ1v) is 7.47. The number of nitrogens with zero attached hydrogens (tertiary/aromatic N) is 2. The second-order valence-electron chi connectivity index (χ2n) is 6.80. The van der Waals surface area contributed by atoms with E-state index in [4.69, 9.17) is 5.10 Å². The summed E-state index contributed by atoms with van der Waals surface area (Å²) in [5.41, 5.74) is 4.10. The molecule has 1 aromatic rings. The number of aromatic nitrogens is 2. The van der Waals surface area contributed by atoms with Crippen LogP contribution in [0, 0.1) is 19.8 Å². The van der Waals surface area contributed by atoms with Crippen molar-refractivity contribution in [3.8, 4) is 0 Å². The minimum atomic E-state index is 0.178. The molecule has 1 N–H and O–H groups in total. The zero-order chi connectivity index (χ0) is 14.8. The summed E-state index contributed by atoms with van der Waals surface area (Å²) >= 11 is 0. The summed E-state index contributed by atoms with van der Waals surface area (Å²) < 4.78 is 2.21. The molecule has 110 valence electrons. The quantitative estimate of drug-likeness (QED) is 0.880. The Kier molecular flexibility index (Phi) is 5.19. The summed E-state index contributed by atoms with van der Waals surface area (Å²) in [7, 11) is 0. The maximum atomic E-state index is 4.74. The average Bonchev–Trinajstić information content (AvgIpc) is 2.59. The van der Waals surface area contributed by atoms with Crippen LogP contribution in [0.1, 0.15) is 64.5 Å². The summed E-state index contributed by atoms with van der Waals surface area (Å²) in [6.45, 7) is 18.7. The molecule has 3 nitrogen and oxygen atoms in total. The van der Waals surface area contributed by atoms with Gasteiger partial charge in [0, 0.05) is 17.8 Å². The fraction of sp³-hybridized carbons (Fsp3) is 0.812. The summed E-state index contributed by atoms with van der Waals surface area (Å²) in [6, 6.07) is 0.425. The van der Waals surface area contributed by atoms with Gasteiger partial charge in [0.25, 0.3) is 0 Å². The van der Waals surface area contributed by atoms with Gasteiger partial charge in [-0.3, -0.25) is 4.68 Å². The van der Waals surface area contributed by atoms with Crippen LogP contribution in [0.15, 0.2) is 0 Å². The predicted octanol–water partition coefficient (Wildman–Crippen LogP) is 3.65. The normalized spacial score (nSPS) is 15.6. The topological polar surface area (TPSA) is 29.9 Å². The lowest BCUT2D eigenvalue weighted by Crippen LogP contribution is -2.40. The SMILES string of the molecule is CCc1c(C)nn(C(C)C(C)CNC(C)(C)C)c1C. The van der Waals surface area contributed by atoms with Gasteiger partial charge >= 0.3 is 0 Å². The van der Waals surface area contributed by atoms with E-state index in [1.807, 2.05) is 0 Å². The molecule has 0 aliphatic rings. The Morgan fingerprint density at radius 1 is 1.21 bits per heavy atom. The van der Waals surface area contributed by atoms with E-state index in [9.17, 15) is 0 Å². The Bertz CT molecular complexity index is 412. The van der Waals surface area contributed by atoms with Crippen molar-refractivity contribution in [1.29, 1.82) is 0 Å². The molecule has 3 heteroatoms. The van der Waals surface area contributed by atoms with Crippen molar-refractivity contribution in [2.75, 3.05) is 6.54 Å². The lowest BCUT2D eigenvalue weighted by atomic mass is 10.0. The minimum Gasteiger partial charge on any atom is -0.312 e. The highest BCUT2D eigenvalue weighted by Gasteiger charge is 2.21. The molecule has 0 radical (unpaired) electrons. The summed E-state index contributed by atoms with van der Waals surface area (Å²) in [6.07, 6.45) is 1.07. The third kappa shape index (κ3) is 4.07. The van der Waals surface area contributed by atoms with Crippen LogP contribution in [0.3, 0.4) is 0 Å². The zero-order valence-electron chi connectivity index (χ0n) is 14.0. The van der Waals surface area contributed by atoms with E-state index in [1.54, 1.807) is 0 Å². The van der Waals surface area contributed by atoms with E-state index in [1.165, 1.54) is 17.0 Å². The van der Waals surface area contributed by atoms with Gasteiger partial charge in [-0.15, -0.1) is 0 Å². The zero-order valence-corrected chi connectivity index (χ0v) is 14.0. The van der Waals surface area contributed by atoms with Gasteiger partial charge in [-0.1, -0.05) is 13.8 Å². The Balaban J connectivity index is 2.80. The standard InChI is InChI=1S/C16H31N3/c1-9-15-12(3)18-19(14(15)5)13(4)11(2)10-17-16(6,7)8/h11,13,17H,9-10H2,1-8H3. The summed E-state index contributed by atoms with van der Waals surface area (Å²) in [5.74, 6) is 0.557. The smallest absolute Gasteiger partial charge is 0.0628 e. The minimum absolute atomic E-state index is 0.178. The second kappa shape index (κ2) is 6.08. The maximum absolute atomic E-state index is 4.74. The number of nitrogens with one attached hydrogen (secondary N) is 1. The van der Waals surface area contributed by atoms with Crippen molar-refractivity contribution in [1.82, 2.24) is 15.1 Å². The third-order valence-electron chi connectivity index (χ3n) is 3.99. The fourth-order valence-electron chi connectivity index (χ4n) is 2.48. The van der Waals surface area contributed by atoms with Crippen LogP contribution in [0.4, 0.5) is 0 Å². The van der Waals surface area contributed by atoms with Crippen LogP contribution in [0.25, 0.3) is 0 Å². The predicted molar refractivity (Wildman–Crippen MR) is 82.7 cm³/mol. The monoisotopic (exact) mass is 265 g/mol. The summed E-state index contributed by atoms with van der Waals surface area (Å²) in [4.78, 5) is 0. The molecule has 0 amide bonds. The first kappa shape index (κ1) is 16.2. The fourth-order valence-corrected chi connectivity index (χ4v) is 2.48. The Morgan fingerprint density at radius 3 is 2.21 bits per heavy atom. The molecule has 0 saturated heterocycles. The van der Waals surface area contributed by atoms with Crippen LogP contribution in [0.2, 0.25) is 0 Å². The molecule has 0 aromatic carbocycles. The lowest BCUT2D eigenvalue weighted by Gasteiger charge is -2.27. The highest BCUT2D eigenvalue weighted by molar-refractivity contribution is 5.24. The Morgan fingerprint density at radius 2 is 1.79 bits per heavy atom. The first-order chi connectivity index (χ1) is 8.67. The maximum Gasteiger partial charge on any atom is 0.0628 e. The lowest BCUT2D eigenvalue weighted by molar-refractivity contribution is 0.298. The molecule has 0 aliphatic heterocycles. The Labute approximate surface area is 118 Å². The number of hydrogen-bond acceptors (Lipinski definition) is 2. The van der Waals surface area contributed by atoms with Crippen molar-refractivity contribution in [3.63, 3.8) is 0 Å². The van der Waals surface area contributed by atoms with Gasteiger partial charge in [0.1, 0.15) is 0 Å². The highest BCUT2D eigenvalue weighted by atomic mass is 15.3. The largest absolute Gasteiger partial charge is 0.312 e. The van der Waals surface area contributed by atoms with E-state index < -0.39 is 0 Å². The molecule has 0 aliphatic carbocycles. The van der Waals surface area contributed by atoms with Gasteiger partial charge in [-0.2, -0.15) is 5.10 Å². The van der Waals surface area contributed by atoms with Crippen LogP contribution < -0.4 is 5.32 Å². The summed E-state index contributed by atoms with van der Waals surface area (Å²) in [5, 5.41) is 8.32. The molecule has 0 bridgehead atoms. The number of rotatable bonds is 5. The molecule has 1 heterocycles. The van der Waals surface area contributed by atoms with Crippen molar-refractivity contribution in [2.24, 2.45) is 5.92 Å². The van der Waals surface area contributed by atoms with E-state index in [2.05, 4.69) is 65.4 Å². The molecule has 0 saturated carbocycles. The van der Waals surface area contributed by atoms with Gasteiger partial charge in [-0.05, 0) is 59.4 Å². The molecule has 0 spiro atoms. The molecule has 0 fully saturated rings. The highest BCUT2D eigenvalue weighted by Crippen LogP contribution is 2.23. The molecule has 1 aromatic heterocycles. The molecule has 2 atom stereocenters. The molecule has 19 heavy (non-hydrogen) atoms. The van der Waals surface area contributed by atoms with Crippen molar-refractivity contribution >= 4 is 0 Å². The van der Waals surface area contributed by atoms with E-state index in [0.29, 0.717) is 12.0 Å². The second-order valence-corrected chi connectivity index (χ2v) is 6.80. The molecular formula is C16H31N3. The van der Waals surface area contributed by atoms with Crippen LogP contribution in [0.5, 0.6) is 0 Å². The van der Waals surface area contributed by atoms with Gasteiger partial charge in [-0.25, -0.2) is 0 Å². The van der Waals surface area contributed by atoms with E-state index in [0.717, 1.165) is 13.0 Å². The van der Waals surface area contributed by atoms with Crippen LogP contribution >= 0.6 is 0 Å². The third-order valence-corrected chi connectivity index (χ3v) is 3.99. The average molecular weight is 265 g/mol. The van der Waals surface area contributed by atoms with E-state index in [-0.39, 0.29) is 5.54 Å². The molecule has 1 rings (SSSR count). The van der Waals surface area contributed by atoms with E-state index >= 15 is 0 Å². The van der Waals surface area contributed by atoms with Crippen molar-refractivity contribution < 1.29 is 0 Å². The number of aryl methyl sites for hydroxylation is 1. The van der Waals surface area contributed by atoms with Crippen LogP contribution in [-0.2, 0) is 6.42 Å². The molecular weight excluding hydrogens is 234 g/mol. The molecule has 2 unspecified atom stereocenters. The van der Waals surface area contributed by atoms with Gasteiger partial charge < -0.3 is 5.32 Å². The first-order valence-electron chi connectivity index (χ1n) is 7.47. The number of hydrogen-bond donors (Lipinski definition) is 1. The Hall–Kier alpha value is -0.830. The van der Waals surface area contributed by atoms with Gasteiger partial charge in [0.2, 0.25) is 0 Å². The van der Waals surface area contributed by atoms with Crippen molar-refractivity contribution in [3.05, 3.63) is 17.0 Å². The van der Waals surface area contributed by atoms with Gasteiger partial charge in [0.05, 0.1) is 11.7 Å².